The van der Waals surface area contributed by atoms with Gasteiger partial charge in [-0.25, -0.2) is 4.68 Å². The second-order valence-corrected chi connectivity index (χ2v) is 8.72. The van der Waals surface area contributed by atoms with Crippen molar-refractivity contribution in [2.24, 2.45) is 0 Å². The van der Waals surface area contributed by atoms with Crippen LogP contribution in [0.2, 0.25) is 0 Å². The second-order valence-electron chi connectivity index (χ2n) is 6.52. The zero-order chi connectivity index (χ0) is 20.9. The summed E-state index contributed by atoms with van der Waals surface area (Å²) in [5, 5.41) is 16.7. The van der Waals surface area contributed by atoms with Gasteiger partial charge < -0.3 is 0 Å². The molecule has 0 aliphatic rings. The van der Waals surface area contributed by atoms with E-state index in [0.717, 1.165) is 16.5 Å². The summed E-state index contributed by atoms with van der Waals surface area (Å²) in [6.07, 6.45) is 0.741. The zero-order valence-electron chi connectivity index (χ0n) is 16.2. The predicted octanol–water partition coefficient (Wildman–Crippen LogP) is 4.20. The fourth-order valence-corrected chi connectivity index (χ4v) is 4.66. The maximum atomic E-state index is 12.9. The molecule has 0 atom stereocenters. The number of carbonyl (C=O) groups excluding carboxylic acids is 1. The van der Waals surface area contributed by atoms with Crippen molar-refractivity contribution in [3.05, 3.63) is 76.2 Å². The predicted molar refractivity (Wildman–Crippen MR) is 120 cm³/mol. The van der Waals surface area contributed by atoms with Gasteiger partial charge in [0, 0.05) is 17.7 Å². The van der Waals surface area contributed by atoms with E-state index >= 15 is 0 Å². The van der Waals surface area contributed by atoms with Gasteiger partial charge >= 0.3 is 0 Å². The molecule has 1 amide bonds. The van der Waals surface area contributed by atoms with Crippen LogP contribution in [0.15, 0.2) is 63.7 Å². The topological polar surface area (TPSA) is 89.8 Å². The van der Waals surface area contributed by atoms with Crippen molar-refractivity contribution >= 4 is 44.9 Å². The Morgan fingerprint density at radius 2 is 1.80 bits per heavy atom. The summed E-state index contributed by atoms with van der Waals surface area (Å²) < 4.78 is 2.11. The number of amides is 1. The van der Waals surface area contributed by atoms with E-state index in [1.165, 1.54) is 21.6 Å². The quantitative estimate of drug-likeness (QED) is 0.344. The van der Waals surface area contributed by atoms with E-state index in [2.05, 4.69) is 32.7 Å². The molecular formula is C21H19N5O2S2. The molecule has 152 valence electrons. The summed E-state index contributed by atoms with van der Waals surface area (Å²) in [4.78, 5) is 25.5. The van der Waals surface area contributed by atoms with E-state index in [-0.39, 0.29) is 11.3 Å². The number of nitrogens with one attached hydrogen (secondary N) is 1. The normalized spacial score (nSPS) is 11.0. The molecule has 0 saturated carbocycles. The molecule has 0 radical (unpaired) electrons. The molecule has 0 aliphatic heterocycles. The Hall–Kier alpha value is -3.04. The fraction of sp³-hybridized carbons (Fsp3) is 0.190. The average molecular weight is 438 g/mol. The van der Waals surface area contributed by atoms with Crippen LogP contribution in [0.5, 0.6) is 0 Å². The van der Waals surface area contributed by atoms with Crippen molar-refractivity contribution in [1.82, 2.24) is 20.0 Å². The van der Waals surface area contributed by atoms with E-state index in [4.69, 9.17) is 0 Å². The number of rotatable bonds is 7. The van der Waals surface area contributed by atoms with Gasteiger partial charge in [-0.2, -0.15) is 5.10 Å². The Balaban J connectivity index is 1.54. The minimum Gasteiger partial charge on any atom is -0.295 e. The Labute approximate surface area is 181 Å². The minimum absolute atomic E-state index is 0.195. The highest BCUT2D eigenvalue weighted by molar-refractivity contribution is 8.00. The molecule has 0 fully saturated rings. The summed E-state index contributed by atoms with van der Waals surface area (Å²) in [7, 11) is 0. The highest BCUT2D eigenvalue weighted by Gasteiger charge is 2.18. The molecule has 0 aliphatic carbocycles. The van der Waals surface area contributed by atoms with Crippen LogP contribution >= 0.6 is 23.1 Å². The highest BCUT2D eigenvalue weighted by atomic mass is 32.2. The van der Waals surface area contributed by atoms with Crippen molar-refractivity contribution in [2.75, 3.05) is 5.32 Å². The summed E-state index contributed by atoms with van der Waals surface area (Å²) >= 11 is 2.87. The molecule has 0 unspecified atom stereocenters. The SMILES string of the molecule is CCCn1nc(C(=O)Nc2nnc(SCc3ccccc3)s2)c2ccccc2c1=O. The van der Waals surface area contributed by atoms with Gasteiger partial charge in [0.25, 0.3) is 11.5 Å². The Bertz CT molecular complexity index is 1240. The third-order valence-electron chi connectivity index (χ3n) is 4.35. The number of nitrogens with zero attached hydrogens (tertiary/aromatic N) is 4. The van der Waals surface area contributed by atoms with Gasteiger partial charge in [0.15, 0.2) is 10.0 Å². The number of aryl methyl sites for hydroxylation is 1. The maximum absolute atomic E-state index is 12.9. The van der Waals surface area contributed by atoms with Crippen molar-refractivity contribution in [2.45, 2.75) is 30.0 Å². The minimum atomic E-state index is -0.410. The number of benzene rings is 2. The van der Waals surface area contributed by atoms with Crippen LogP contribution in [0, 0.1) is 0 Å². The van der Waals surface area contributed by atoms with Gasteiger partial charge in [0.2, 0.25) is 5.13 Å². The van der Waals surface area contributed by atoms with Gasteiger partial charge in [-0.05, 0) is 18.1 Å². The molecule has 2 aromatic heterocycles. The average Bonchev–Trinajstić information content (AvgIpc) is 3.22. The fourth-order valence-electron chi connectivity index (χ4n) is 2.96. The van der Waals surface area contributed by atoms with Gasteiger partial charge in [0.1, 0.15) is 0 Å². The van der Waals surface area contributed by atoms with E-state index in [0.29, 0.717) is 22.4 Å². The van der Waals surface area contributed by atoms with Crippen LogP contribution in [-0.2, 0) is 12.3 Å². The van der Waals surface area contributed by atoms with Crippen LogP contribution in [0.25, 0.3) is 10.8 Å². The standard InChI is InChI=1S/C21H19N5O2S2/c1-2-12-26-19(28)16-11-7-6-10-15(16)17(25-26)18(27)22-20-23-24-21(30-20)29-13-14-8-4-3-5-9-14/h3-11H,2,12-13H2,1H3,(H,22,23,27). The van der Waals surface area contributed by atoms with E-state index in [9.17, 15) is 9.59 Å². The lowest BCUT2D eigenvalue weighted by Crippen LogP contribution is -2.27. The van der Waals surface area contributed by atoms with Crippen LogP contribution in [0.4, 0.5) is 5.13 Å². The van der Waals surface area contributed by atoms with E-state index < -0.39 is 5.91 Å². The van der Waals surface area contributed by atoms with Crippen molar-refractivity contribution in [3.63, 3.8) is 0 Å². The number of hydrogen-bond acceptors (Lipinski definition) is 7. The Morgan fingerprint density at radius 3 is 2.57 bits per heavy atom. The van der Waals surface area contributed by atoms with Crippen LogP contribution in [0.3, 0.4) is 0 Å². The van der Waals surface area contributed by atoms with Gasteiger partial charge in [-0.1, -0.05) is 78.6 Å². The number of anilines is 1. The van der Waals surface area contributed by atoms with Crippen LogP contribution in [0.1, 0.15) is 29.4 Å². The molecule has 1 N–H and O–H groups in total. The first kappa shape index (κ1) is 20.2. The molecule has 30 heavy (non-hydrogen) atoms. The molecule has 9 heteroatoms. The molecule has 4 rings (SSSR count). The third kappa shape index (κ3) is 4.42. The summed E-state index contributed by atoms with van der Waals surface area (Å²) in [6.45, 7) is 2.40. The van der Waals surface area contributed by atoms with E-state index in [1.807, 2.05) is 25.1 Å². The molecule has 0 bridgehead atoms. The summed E-state index contributed by atoms with van der Waals surface area (Å²) in [5.41, 5.74) is 1.20. The van der Waals surface area contributed by atoms with Crippen LogP contribution in [-0.4, -0.2) is 25.9 Å². The molecule has 0 saturated heterocycles. The number of carbonyl (C=O) groups is 1. The van der Waals surface area contributed by atoms with Crippen molar-refractivity contribution < 1.29 is 4.79 Å². The molecule has 2 aromatic carbocycles. The first-order valence-electron chi connectivity index (χ1n) is 9.47. The summed E-state index contributed by atoms with van der Waals surface area (Å²) in [6, 6.07) is 17.1. The maximum Gasteiger partial charge on any atom is 0.278 e. The smallest absolute Gasteiger partial charge is 0.278 e. The number of hydrogen-bond donors (Lipinski definition) is 1. The molecule has 4 aromatic rings. The zero-order valence-corrected chi connectivity index (χ0v) is 17.9. The van der Waals surface area contributed by atoms with Gasteiger partial charge in [0.05, 0.1) is 5.39 Å². The lowest BCUT2D eigenvalue weighted by molar-refractivity contribution is 0.102. The van der Waals surface area contributed by atoms with Crippen LogP contribution < -0.4 is 10.9 Å². The molecule has 7 nitrogen and oxygen atoms in total. The first-order chi connectivity index (χ1) is 14.7. The third-order valence-corrected chi connectivity index (χ3v) is 6.39. The highest BCUT2D eigenvalue weighted by Crippen LogP contribution is 2.28. The Morgan fingerprint density at radius 1 is 1.07 bits per heavy atom. The Kier molecular flexibility index (Phi) is 6.20. The lowest BCUT2D eigenvalue weighted by Gasteiger charge is -2.09. The van der Waals surface area contributed by atoms with Gasteiger partial charge in [-0.3, -0.25) is 14.9 Å². The largest absolute Gasteiger partial charge is 0.295 e. The lowest BCUT2D eigenvalue weighted by atomic mass is 10.1. The number of aromatic nitrogens is 4. The van der Waals surface area contributed by atoms with E-state index in [1.54, 1.807) is 36.0 Å². The molecular weight excluding hydrogens is 418 g/mol. The summed E-state index contributed by atoms with van der Waals surface area (Å²) in [5.74, 6) is 0.365. The van der Waals surface area contributed by atoms with Crippen molar-refractivity contribution in [3.8, 4) is 0 Å². The van der Waals surface area contributed by atoms with Gasteiger partial charge in [-0.15, -0.1) is 10.2 Å². The number of thioether (sulfide) groups is 1. The first-order valence-corrected chi connectivity index (χ1v) is 11.3. The molecule has 0 spiro atoms. The number of fused-ring (bicyclic) bond motifs is 1. The molecule has 2 heterocycles. The monoisotopic (exact) mass is 437 g/mol. The van der Waals surface area contributed by atoms with Crippen molar-refractivity contribution in [1.29, 1.82) is 0 Å². The second kappa shape index (κ2) is 9.19.